The molecular formula is C23H34N2O3. The number of piperidine rings is 2. The second kappa shape index (κ2) is 9.08. The van der Waals surface area contributed by atoms with Gasteiger partial charge in [0, 0.05) is 32.6 Å². The van der Waals surface area contributed by atoms with E-state index in [1.807, 2.05) is 41.8 Å². The highest BCUT2D eigenvalue weighted by Gasteiger charge is 2.42. The van der Waals surface area contributed by atoms with E-state index in [-0.39, 0.29) is 17.2 Å². The van der Waals surface area contributed by atoms with Crippen molar-refractivity contribution in [3.8, 4) is 0 Å². The highest BCUT2D eigenvalue weighted by molar-refractivity contribution is 5.81. The van der Waals surface area contributed by atoms with E-state index in [1.165, 1.54) is 5.56 Å². The molecule has 3 rings (SSSR count). The lowest BCUT2D eigenvalue weighted by molar-refractivity contribution is -0.147. The Kier molecular flexibility index (Phi) is 6.76. The van der Waals surface area contributed by atoms with Gasteiger partial charge in [0.1, 0.15) is 6.10 Å². The van der Waals surface area contributed by atoms with Crippen LogP contribution in [0.15, 0.2) is 30.3 Å². The molecule has 2 aliphatic rings. The molecule has 154 valence electrons. The van der Waals surface area contributed by atoms with Gasteiger partial charge in [-0.15, -0.1) is 0 Å². The summed E-state index contributed by atoms with van der Waals surface area (Å²) >= 11 is 0. The highest BCUT2D eigenvalue weighted by Crippen LogP contribution is 2.40. The first-order valence-corrected chi connectivity index (χ1v) is 10.7. The summed E-state index contributed by atoms with van der Waals surface area (Å²) in [6, 6.07) is 10.3. The average Bonchev–Trinajstić information content (AvgIpc) is 2.69. The molecule has 5 nitrogen and oxygen atoms in total. The predicted octanol–water partition coefficient (Wildman–Crippen LogP) is 2.87. The second-order valence-electron chi connectivity index (χ2n) is 9.02. The van der Waals surface area contributed by atoms with Gasteiger partial charge in [0.15, 0.2) is 0 Å². The maximum Gasteiger partial charge on any atom is 0.251 e. The molecule has 5 heteroatoms. The number of carbonyl (C=O) groups is 2. The quantitative estimate of drug-likeness (QED) is 0.818. The van der Waals surface area contributed by atoms with Gasteiger partial charge >= 0.3 is 0 Å². The topological polar surface area (TPSA) is 60.9 Å². The van der Waals surface area contributed by atoms with Crippen molar-refractivity contribution in [1.82, 2.24) is 9.80 Å². The normalized spacial score (nSPS) is 20.6. The van der Waals surface area contributed by atoms with E-state index >= 15 is 0 Å². The number of likely N-dealkylation sites (tertiary alicyclic amines) is 2. The Bertz CT molecular complexity index is 666. The van der Waals surface area contributed by atoms with Crippen molar-refractivity contribution in [2.24, 2.45) is 11.3 Å². The third kappa shape index (κ3) is 5.13. The number of hydrogen-bond acceptors (Lipinski definition) is 3. The van der Waals surface area contributed by atoms with E-state index in [2.05, 4.69) is 12.1 Å². The van der Waals surface area contributed by atoms with Gasteiger partial charge in [0.25, 0.3) is 5.91 Å². The first kappa shape index (κ1) is 20.8. The fourth-order valence-corrected chi connectivity index (χ4v) is 4.58. The van der Waals surface area contributed by atoms with Crippen molar-refractivity contribution in [3.63, 3.8) is 0 Å². The summed E-state index contributed by atoms with van der Waals surface area (Å²) in [4.78, 5) is 28.8. The van der Waals surface area contributed by atoms with Gasteiger partial charge in [-0.2, -0.15) is 0 Å². The van der Waals surface area contributed by atoms with Crippen LogP contribution < -0.4 is 0 Å². The Morgan fingerprint density at radius 1 is 1.14 bits per heavy atom. The van der Waals surface area contributed by atoms with Crippen LogP contribution in [-0.2, 0) is 16.0 Å². The van der Waals surface area contributed by atoms with Gasteiger partial charge in [0.05, 0.1) is 0 Å². The van der Waals surface area contributed by atoms with Crippen molar-refractivity contribution in [2.75, 3.05) is 26.2 Å². The first-order valence-electron chi connectivity index (χ1n) is 10.7. The number of rotatable bonds is 6. The van der Waals surface area contributed by atoms with Gasteiger partial charge in [-0.1, -0.05) is 44.2 Å². The Labute approximate surface area is 168 Å². The zero-order valence-electron chi connectivity index (χ0n) is 17.3. The van der Waals surface area contributed by atoms with Gasteiger partial charge in [0.2, 0.25) is 5.91 Å². The summed E-state index contributed by atoms with van der Waals surface area (Å²) in [5.74, 6) is 0.432. The van der Waals surface area contributed by atoms with Gasteiger partial charge in [-0.25, -0.2) is 0 Å². The van der Waals surface area contributed by atoms with Crippen LogP contribution in [0.4, 0.5) is 0 Å². The molecule has 1 spiro atoms. The number of aliphatic hydroxyl groups is 1. The summed E-state index contributed by atoms with van der Waals surface area (Å²) in [6.07, 6.45) is 3.88. The smallest absolute Gasteiger partial charge is 0.251 e. The molecule has 0 bridgehead atoms. The van der Waals surface area contributed by atoms with E-state index in [1.54, 1.807) is 0 Å². The standard InChI is InChI=1S/C23H34N2O3/c1-18(2)16-20(26)22(28)24-14-11-23(12-15-24)10-8-21(27)25(17-23)13-9-19-6-4-3-5-7-19/h3-7,18,20,26H,8-17H2,1-2H3. The Morgan fingerprint density at radius 3 is 2.46 bits per heavy atom. The van der Waals surface area contributed by atoms with Crippen LogP contribution in [0.3, 0.4) is 0 Å². The summed E-state index contributed by atoms with van der Waals surface area (Å²) in [5.41, 5.74) is 1.39. The van der Waals surface area contributed by atoms with Gasteiger partial charge in [-0.3, -0.25) is 9.59 Å². The first-order chi connectivity index (χ1) is 13.4. The molecule has 1 unspecified atom stereocenters. The fraction of sp³-hybridized carbons (Fsp3) is 0.652. The largest absolute Gasteiger partial charge is 0.383 e. The number of aliphatic hydroxyl groups excluding tert-OH is 1. The predicted molar refractivity (Wildman–Crippen MR) is 110 cm³/mol. The van der Waals surface area contributed by atoms with Crippen LogP contribution in [0.1, 0.15) is 51.5 Å². The lowest BCUT2D eigenvalue weighted by Gasteiger charge is -2.47. The molecule has 2 fully saturated rings. The van der Waals surface area contributed by atoms with Crippen molar-refractivity contribution < 1.29 is 14.7 Å². The molecule has 1 N–H and O–H groups in total. The molecule has 1 aromatic rings. The minimum atomic E-state index is -0.885. The van der Waals surface area contributed by atoms with Crippen LogP contribution in [0.25, 0.3) is 0 Å². The molecule has 2 heterocycles. The van der Waals surface area contributed by atoms with Crippen molar-refractivity contribution in [1.29, 1.82) is 0 Å². The second-order valence-corrected chi connectivity index (χ2v) is 9.02. The number of amides is 2. The molecule has 2 saturated heterocycles. The SMILES string of the molecule is CC(C)CC(O)C(=O)N1CCC2(CCC(=O)N(CCc3ccccc3)C2)CC1. The minimum Gasteiger partial charge on any atom is -0.383 e. The van der Waals surface area contributed by atoms with E-state index in [0.717, 1.165) is 38.8 Å². The summed E-state index contributed by atoms with van der Waals surface area (Å²) < 4.78 is 0. The average molecular weight is 387 g/mol. The monoisotopic (exact) mass is 386 g/mol. The van der Waals surface area contributed by atoms with E-state index in [0.29, 0.717) is 31.8 Å². The van der Waals surface area contributed by atoms with Crippen LogP contribution in [0.5, 0.6) is 0 Å². The highest BCUT2D eigenvalue weighted by atomic mass is 16.3. The maximum absolute atomic E-state index is 12.5. The van der Waals surface area contributed by atoms with E-state index < -0.39 is 6.10 Å². The van der Waals surface area contributed by atoms with Gasteiger partial charge < -0.3 is 14.9 Å². The zero-order valence-corrected chi connectivity index (χ0v) is 17.3. The molecule has 0 aliphatic carbocycles. The van der Waals surface area contributed by atoms with Crippen LogP contribution in [0, 0.1) is 11.3 Å². The van der Waals surface area contributed by atoms with Crippen LogP contribution in [-0.4, -0.2) is 59.0 Å². The molecular weight excluding hydrogens is 352 g/mol. The lowest BCUT2D eigenvalue weighted by Crippen LogP contribution is -2.53. The number of carbonyl (C=O) groups excluding carboxylic acids is 2. The summed E-state index contributed by atoms with van der Waals surface area (Å²) in [5, 5.41) is 10.2. The Hall–Kier alpha value is -1.88. The molecule has 1 atom stereocenters. The van der Waals surface area contributed by atoms with Gasteiger partial charge in [-0.05, 0) is 49.0 Å². The maximum atomic E-state index is 12.5. The minimum absolute atomic E-state index is 0.128. The zero-order chi connectivity index (χ0) is 20.1. The Balaban J connectivity index is 1.54. The molecule has 0 saturated carbocycles. The van der Waals surface area contributed by atoms with Crippen molar-refractivity contribution >= 4 is 11.8 Å². The summed E-state index contributed by atoms with van der Waals surface area (Å²) in [7, 11) is 0. The molecule has 0 aromatic heterocycles. The fourth-order valence-electron chi connectivity index (χ4n) is 4.58. The molecule has 0 radical (unpaired) electrons. The third-order valence-electron chi connectivity index (χ3n) is 6.38. The molecule has 1 aromatic carbocycles. The molecule has 2 aliphatic heterocycles. The van der Waals surface area contributed by atoms with Crippen molar-refractivity contribution in [3.05, 3.63) is 35.9 Å². The van der Waals surface area contributed by atoms with E-state index in [9.17, 15) is 14.7 Å². The van der Waals surface area contributed by atoms with Crippen molar-refractivity contribution in [2.45, 2.75) is 58.5 Å². The van der Waals surface area contributed by atoms with Crippen LogP contribution >= 0.6 is 0 Å². The van der Waals surface area contributed by atoms with E-state index in [4.69, 9.17) is 0 Å². The molecule has 2 amide bonds. The number of benzene rings is 1. The molecule has 28 heavy (non-hydrogen) atoms. The lowest BCUT2D eigenvalue weighted by atomic mass is 9.72. The third-order valence-corrected chi connectivity index (χ3v) is 6.38. The summed E-state index contributed by atoms with van der Waals surface area (Å²) in [6.45, 7) is 6.98. The Morgan fingerprint density at radius 2 is 1.82 bits per heavy atom. The van der Waals surface area contributed by atoms with Crippen LogP contribution in [0.2, 0.25) is 0 Å². The number of hydrogen-bond donors (Lipinski definition) is 1. The number of nitrogens with zero attached hydrogens (tertiary/aromatic N) is 2.